The molecule has 0 spiro atoms. The number of carboxylic acid groups (broad SMARTS) is 2. The number of nitrogens with one attached hydrogen (secondary N) is 2. The molecule has 7 heteroatoms. The first-order valence-electron chi connectivity index (χ1n) is 5.42. The van der Waals surface area contributed by atoms with Gasteiger partial charge < -0.3 is 20.8 Å². The van der Waals surface area contributed by atoms with Gasteiger partial charge in [-0.2, -0.15) is 0 Å². The van der Waals surface area contributed by atoms with Gasteiger partial charge in [0.2, 0.25) is 5.91 Å². The first-order chi connectivity index (χ1) is 7.97. The quantitative estimate of drug-likeness (QED) is 0.432. The molecule has 0 radical (unpaired) electrons. The minimum Gasteiger partial charge on any atom is -0.481 e. The summed E-state index contributed by atoms with van der Waals surface area (Å²) in [5.41, 5.74) is 0. The van der Waals surface area contributed by atoms with Gasteiger partial charge in [-0.05, 0) is 6.42 Å². The van der Waals surface area contributed by atoms with E-state index in [2.05, 4.69) is 10.6 Å². The van der Waals surface area contributed by atoms with Gasteiger partial charge >= 0.3 is 11.9 Å². The molecule has 7 nitrogen and oxygen atoms in total. The van der Waals surface area contributed by atoms with E-state index in [1.54, 1.807) is 0 Å². The van der Waals surface area contributed by atoms with Crippen molar-refractivity contribution in [1.29, 1.82) is 0 Å². The molecule has 0 saturated carbocycles. The lowest BCUT2D eigenvalue weighted by molar-refractivity contribution is -0.140. The molecule has 0 aliphatic heterocycles. The lowest BCUT2D eigenvalue weighted by Crippen LogP contribution is -2.46. The van der Waals surface area contributed by atoms with Crippen LogP contribution in [-0.4, -0.2) is 47.2 Å². The van der Waals surface area contributed by atoms with Gasteiger partial charge in [-0.25, -0.2) is 0 Å². The highest BCUT2D eigenvalue weighted by molar-refractivity contribution is 5.86. The minimum atomic E-state index is -1.11. The summed E-state index contributed by atoms with van der Waals surface area (Å²) in [6.07, 6.45) is 0.229. The first-order valence-corrected chi connectivity index (χ1v) is 5.42. The number of carbonyl (C=O) groups is 3. The predicted octanol–water partition coefficient (Wildman–Crippen LogP) is -0.580. The van der Waals surface area contributed by atoms with Crippen LogP contribution >= 0.6 is 0 Å². The van der Waals surface area contributed by atoms with Crippen LogP contribution in [0, 0.1) is 0 Å². The number of carbonyl (C=O) groups excluding carboxylic acids is 1. The fourth-order valence-corrected chi connectivity index (χ4v) is 1.16. The van der Waals surface area contributed by atoms with Crippen LogP contribution in [0.15, 0.2) is 0 Å². The fraction of sp³-hybridized carbons (Fsp3) is 0.700. The molecule has 17 heavy (non-hydrogen) atoms. The lowest BCUT2D eigenvalue weighted by Gasteiger charge is -2.15. The number of aliphatic carboxylic acids is 2. The monoisotopic (exact) mass is 246 g/mol. The van der Waals surface area contributed by atoms with E-state index in [4.69, 9.17) is 10.2 Å². The van der Waals surface area contributed by atoms with Crippen LogP contribution in [-0.2, 0) is 14.4 Å². The summed E-state index contributed by atoms with van der Waals surface area (Å²) < 4.78 is 0. The van der Waals surface area contributed by atoms with Gasteiger partial charge in [-0.3, -0.25) is 14.4 Å². The van der Waals surface area contributed by atoms with Gasteiger partial charge in [-0.1, -0.05) is 6.92 Å². The predicted molar refractivity (Wildman–Crippen MR) is 59.6 cm³/mol. The zero-order valence-electron chi connectivity index (χ0n) is 9.73. The van der Waals surface area contributed by atoms with E-state index >= 15 is 0 Å². The van der Waals surface area contributed by atoms with E-state index < -0.39 is 23.9 Å². The van der Waals surface area contributed by atoms with Crippen molar-refractivity contribution in [2.24, 2.45) is 0 Å². The summed E-state index contributed by atoms with van der Waals surface area (Å²) in [7, 11) is 0. The molecule has 0 heterocycles. The molecule has 4 N–H and O–H groups in total. The number of carboxylic acids is 2. The highest BCUT2D eigenvalue weighted by Crippen LogP contribution is 1.94. The highest BCUT2D eigenvalue weighted by Gasteiger charge is 2.20. The van der Waals surface area contributed by atoms with Crippen LogP contribution in [0.3, 0.4) is 0 Å². The Kier molecular flexibility index (Phi) is 7.70. The van der Waals surface area contributed by atoms with Crippen molar-refractivity contribution in [3.63, 3.8) is 0 Å². The summed E-state index contributed by atoms with van der Waals surface area (Å²) in [5.74, 6) is -2.52. The van der Waals surface area contributed by atoms with Crippen LogP contribution in [0.2, 0.25) is 0 Å². The zero-order valence-corrected chi connectivity index (χ0v) is 9.73. The average Bonchev–Trinajstić information content (AvgIpc) is 2.23. The van der Waals surface area contributed by atoms with Crippen LogP contribution in [0.5, 0.6) is 0 Å². The Hall–Kier alpha value is -1.63. The molecule has 0 aromatic rings. The van der Waals surface area contributed by atoms with Crippen molar-refractivity contribution in [3.05, 3.63) is 0 Å². The third-order valence-electron chi connectivity index (χ3n) is 1.97. The Balaban J connectivity index is 4.16. The summed E-state index contributed by atoms with van der Waals surface area (Å²) in [4.78, 5) is 32.4. The molecule has 0 aromatic carbocycles. The number of amides is 1. The summed E-state index contributed by atoms with van der Waals surface area (Å²) >= 11 is 0. The largest absolute Gasteiger partial charge is 0.481 e. The molecule has 0 bridgehead atoms. The van der Waals surface area contributed by atoms with Crippen LogP contribution in [0.1, 0.15) is 26.2 Å². The Morgan fingerprint density at radius 1 is 1.12 bits per heavy atom. The van der Waals surface area contributed by atoms with Gasteiger partial charge in [0.25, 0.3) is 0 Å². The third-order valence-corrected chi connectivity index (χ3v) is 1.97. The smallest absolute Gasteiger partial charge is 0.305 e. The molecule has 1 unspecified atom stereocenters. The minimum absolute atomic E-state index is 0.0623. The number of hydrogen-bond acceptors (Lipinski definition) is 4. The van der Waals surface area contributed by atoms with Crippen molar-refractivity contribution in [2.75, 3.05) is 13.1 Å². The standard InChI is InChI=1S/C10H18N2O5/c1-2-4-12-10(17)7(6-9(15)16)11-5-3-8(13)14/h7,11H,2-6H2,1H3,(H,12,17)(H,13,14)(H,15,16). The maximum atomic E-state index is 11.5. The highest BCUT2D eigenvalue weighted by atomic mass is 16.4. The Bertz CT molecular complexity index is 280. The SMILES string of the molecule is CCCNC(=O)C(CC(=O)O)NCCC(=O)O. The van der Waals surface area contributed by atoms with E-state index in [0.29, 0.717) is 6.54 Å². The van der Waals surface area contributed by atoms with Crippen LogP contribution in [0.4, 0.5) is 0 Å². The molecule has 0 aromatic heterocycles. The van der Waals surface area contributed by atoms with Crippen LogP contribution < -0.4 is 10.6 Å². The second kappa shape index (κ2) is 8.51. The number of rotatable bonds is 9. The van der Waals surface area contributed by atoms with Gasteiger partial charge in [0.15, 0.2) is 0 Å². The molecule has 1 atom stereocenters. The van der Waals surface area contributed by atoms with E-state index in [1.165, 1.54) is 0 Å². The van der Waals surface area contributed by atoms with Gasteiger partial charge in [0.05, 0.1) is 18.9 Å². The summed E-state index contributed by atoms with van der Waals surface area (Å²) in [6, 6.07) is -0.890. The molecule has 0 aliphatic carbocycles. The molecule has 0 rings (SSSR count). The van der Waals surface area contributed by atoms with Crippen LogP contribution in [0.25, 0.3) is 0 Å². The normalized spacial score (nSPS) is 11.8. The summed E-state index contributed by atoms with van der Waals surface area (Å²) in [6.45, 7) is 2.41. The van der Waals surface area contributed by atoms with Crippen molar-refractivity contribution >= 4 is 17.8 Å². The Morgan fingerprint density at radius 2 is 1.76 bits per heavy atom. The lowest BCUT2D eigenvalue weighted by atomic mass is 10.2. The van der Waals surface area contributed by atoms with Crippen molar-refractivity contribution in [2.45, 2.75) is 32.2 Å². The average molecular weight is 246 g/mol. The molecule has 98 valence electrons. The molecule has 1 amide bonds. The second-order valence-corrected chi connectivity index (χ2v) is 3.54. The molecular weight excluding hydrogens is 228 g/mol. The zero-order chi connectivity index (χ0) is 13.3. The molecule has 0 fully saturated rings. The van der Waals surface area contributed by atoms with E-state index in [1.807, 2.05) is 6.92 Å². The topological polar surface area (TPSA) is 116 Å². The van der Waals surface area contributed by atoms with E-state index in [-0.39, 0.29) is 19.4 Å². The Morgan fingerprint density at radius 3 is 2.24 bits per heavy atom. The van der Waals surface area contributed by atoms with E-state index in [0.717, 1.165) is 6.42 Å². The van der Waals surface area contributed by atoms with Crippen molar-refractivity contribution in [1.82, 2.24) is 10.6 Å². The van der Waals surface area contributed by atoms with Crippen molar-refractivity contribution < 1.29 is 24.6 Å². The van der Waals surface area contributed by atoms with Gasteiger partial charge in [-0.15, -0.1) is 0 Å². The van der Waals surface area contributed by atoms with Crippen molar-refractivity contribution in [3.8, 4) is 0 Å². The second-order valence-electron chi connectivity index (χ2n) is 3.54. The van der Waals surface area contributed by atoms with Gasteiger partial charge in [0, 0.05) is 13.1 Å². The first kappa shape index (κ1) is 15.4. The maximum absolute atomic E-state index is 11.5. The molecule has 0 aliphatic rings. The van der Waals surface area contributed by atoms with Gasteiger partial charge in [0.1, 0.15) is 0 Å². The third kappa shape index (κ3) is 8.21. The fourth-order valence-electron chi connectivity index (χ4n) is 1.16. The molecular formula is C10H18N2O5. The maximum Gasteiger partial charge on any atom is 0.305 e. The summed E-state index contributed by atoms with van der Waals surface area (Å²) in [5, 5.41) is 22.2. The Labute approximate surface area is 99.2 Å². The number of hydrogen-bond donors (Lipinski definition) is 4. The van der Waals surface area contributed by atoms with E-state index in [9.17, 15) is 14.4 Å². The molecule has 0 saturated heterocycles.